The SMILES string of the molecule is CCOC(=O)c1ccc(C)c(NC(=O)CN(c2ccc(C34CC5CC(CC(C5)C3)C4)cc2)S(C)(=O)=O)c1. The number of benzene rings is 2. The van der Waals surface area contributed by atoms with E-state index < -0.39 is 21.9 Å². The fourth-order valence-corrected chi connectivity index (χ4v) is 8.12. The van der Waals surface area contributed by atoms with Gasteiger partial charge in [-0.25, -0.2) is 13.2 Å². The van der Waals surface area contributed by atoms with Crippen LogP contribution in [0.3, 0.4) is 0 Å². The number of rotatable bonds is 8. The molecule has 0 saturated heterocycles. The lowest BCUT2D eigenvalue weighted by atomic mass is 9.48. The molecule has 1 amide bonds. The number of esters is 1. The first-order valence-electron chi connectivity index (χ1n) is 13.2. The fraction of sp³-hybridized carbons (Fsp3) is 0.517. The van der Waals surface area contributed by atoms with Gasteiger partial charge in [-0.1, -0.05) is 18.2 Å². The van der Waals surface area contributed by atoms with E-state index in [0.717, 1.165) is 33.9 Å². The predicted octanol–water partition coefficient (Wildman–Crippen LogP) is 5.04. The molecule has 7 nitrogen and oxygen atoms in total. The third kappa shape index (κ3) is 5.26. The van der Waals surface area contributed by atoms with E-state index in [0.29, 0.717) is 16.9 Å². The van der Waals surface area contributed by atoms with Gasteiger partial charge in [0.15, 0.2) is 0 Å². The summed E-state index contributed by atoms with van der Waals surface area (Å²) >= 11 is 0. The van der Waals surface area contributed by atoms with Crippen molar-refractivity contribution in [1.29, 1.82) is 0 Å². The van der Waals surface area contributed by atoms with Gasteiger partial charge >= 0.3 is 5.97 Å². The molecular formula is C29H36N2O5S. The molecule has 0 spiro atoms. The van der Waals surface area contributed by atoms with Gasteiger partial charge in [0.1, 0.15) is 6.54 Å². The molecule has 198 valence electrons. The topological polar surface area (TPSA) is 92.8 Å². The molecule has 0 aromatic heterocycles. The van der Waals surface area contributed by atoms with Crippen LogP contribution in [0.25, 0.3) is 0 Å². The number of carbonyl (C=O) groups is 2. The summed E-state index contributed by atoms with van der Waals surface area (Å²) in [5, 5.41) is 2.77. The minimum absolute atomic E-state index is 0.224. The molecular weight excluding hydrogens is 488 g/mol. The Kier molecular flexibility index (Phi) is 6.81. The molecule has 8 heteroatoms. The number of aryl methyl sites for hydroxylation is 1. The van der Waals surface area contributed by atoms with E-state index in [2.05, 4.69) is 17.4 Å². The fourth-order valence-electron chi connectivity index (χ4n) is 7.26. The van der Waals surface area contributed by atoms with Gasteiger partial charge in [-0.15, -0.1) is 0 Å². The maximum atomic E-state index is 13.0. The normalized spacial score (nSPS) is 26.1. The summed E-state index contributed by atoms with van der Waals surface area (Å²) in [6, 6.07) is 12.7. The van der Waals surface area contributed by atoms with E-state index >= 15 is 0 Å². The van der Waals surface area contributed by atoms with Gasteiger partial charge in [-0.2, -0.15) is 0 Å². The molecule has 4 saturated carbocycles. The molecule has 2 aromatic rings. The van der Waals surface area contributed by atoms with Crippen LogP contribution in [0.15, 0.2) is 42.5 Å². The highest BCUT2D eigenvalue weighted by Crippen LogP contribution is 2.60. The summed E-state index contributed by atoms with van der Waals surface area (Å²) in [7, 11) is -3.70. The molecule has 0 radical (unpaired) electrons. The van der Waals surface area contributed by atoms with Gasteiger partial charge in [0, 0.05) is 5.69 Å². The zero-order valence-corrected chi connectivity index (χ0v) is 22.6. The molecule has 0 unspecified atom stereocenters. The van der Waals surface area contributed by atoms with Crippen LogP contribution in [0.5, 0.6) is 0 Å². The summed E-state index contributed by atoms with van der Waals surface area (Å²) in [6.07, 6.45) is 8.94. The van der Waals surface area contributed by atoms with Crippen molar-refractivity contribution in [2.45, 2.75) is 57.8 Å². The quantitative estimate of drug-likeness (QED) is 0.488. The summed E-state index contributed by atoms with van der Waals surface area (Å²) < 4.78 is 31.6. The van der Waals surface area contributed by atoms with E-state index in [1.807, 2.05) is 19.1 Å². The van der Waals surface area contributed by atoms with Crippen LogP contribution in [0, 0.1) is 24.7 Å². The standard InChI is InChI=1S/C29H36N2O5S/c1-4-36-28(33)23-6-5-19(2)26(14-23)30-27(32)18-31(37(3,34)35)25-9-7-24(8-10-25)29-15-20-11-21(16-29)13-22(12-20)17-29/h5-10,14,20-22H,4,11-13,15-18H2,1-3H3,(H,30,32). The zero-order valence-electron chi connectivity index (χ0n) is 21.8. The van der Waals surface area contributed by atoms with E-state index in [4.69, 9.17) is 4.74 Å². The van der Waals surface area contributed by atoms with Crippen LogP contribution >= 0.6 is 0 Å². The first-order valence-corrected chi connectivity index (χ1v) is 15.1. The average Bonchev–Trinajstić information content (AvgIpc) is 2.83. The number of amides is 1. The molecule has 37 heavy (non-hydrogen) atoms. The number of hydrogen-bond donors (Lipinski definition) is 1. The zero-order chi connectivity index (χ0) is 26.4. The predicted molar refractivity (Wildman–Crippen MR) is 144 cm³/mol. The molecule has 0 heterocycles. The van der Waals surface area contributed by atoms with Crippen molar-refractivity contribution in [3.05, 3.63) is 59.2 Å². The maximum absolute atomic E-state index is 13.0. The molecule has 0 atom stereocenters. The van der Waals surface area contributed by atoms with Crippen molar-refractivity contribution in [3.8, 4) is 0 Å². The molecule has 4 fully saturated rings. The van der Waals surface area contributed by atoms with Gasteiger partial charge in [-0.3, -0.25) is 9.10 Å². The second-order valence-electron chi connectivity index (χ2n) is 11.3. The second kappa shape index (κ2) is 9.78. The Morgan fingerprint density at radius 2 is 1.59 bits per heavy atom. The largest absolute Gasteiger partial charge is 0.462 e. The van der Waals surface area contributed by atoms with Gasteiger partial charge < -0.3 is 10.1 Å². The Balaban J connectivity index is 1.33. The molecule has 4 bridgehead atoms. The monoisotopic (exact) mass is 524 g/mol. The Morgan fingerprint density at radius 1 is 1.00 bits per heavy atom. The smallest absolute Gasteiger partial charge is 0.338 e. The van der Waals surface area contributed by atoms with Crippen LogP contribution in [0.2, 0.25) is 0 Å². The van der Waals surface area contributed by atoms with Crippen molar-refractivity contribution >= 4 is 33.3 Å². The van der Waals surface area contributed by atoms with Crippen molar-refractivity contribution in [2.24, 2.45) is 17.8 Å². The van der Waals surface area contributed by atoms with E-state index in [-0.39, 0.29) is 18.6 Å². The highest BCUT2D eigenvalue weighted by molar-refractivity contribution is 7.92. The number of hydrogen-bond acceptors (Lipinski definition) is 5. The molecule has 6 rings (SSSR count). The first-order chi connectivity index (χ1) is 17.6. The molecule has 2 aromatic carbocycles. The number of nitrogens with one attached hydrogen (secondary N) is 1. The van der Waals surface area contributed by atoms with Crippen LogP contribution in [-0.2, 0) is 25.0 Å². The number of carbonyl (C=O) groups excluding carboxylic acids is 2. The second-order valence-corrected chi connectivity index (χ2v) is 13.2. The lowest BCUT2D eigenvalue weighted by Crippen LogP contribution is -2.48. The molecule has 4 aliphatic carbocycles. The van der Waals surface area contributed by atoms with Crippen molar-refractivity contribution < 1.29 is 22.7 Å². The number of sulfonamides is 1. The van der Waals surface area contributed by atoms with Crippen LogP contribution in [-0.4, -0.2) is 39.7 Å². The third-order valence-corrected chi connectivity index (χ3v) is 9.66. The third-order valence-electron chi connectivity index (χ3n) is 8.52. The van der Waals surface area contributed by atoms with Gasteiger partial charge in [0.05, 0.1) is 24.1 Å². The van der Waals surface area contributed by atoms with Crippen molar-refractivity contribution in [3.63, 3.8) is 0 Å². The van der Waals surface area contributed by atoms with Gasteiger partial charge in [0.2, 0.25) is 15.9 Å². The van der Waals surface area contributed by atoms with Gasteiger partial charge in [0.25, 0.3) is 0 Å². The Labute approximate surface area is 219 Å². The van der Waals surface area contributed by atoms with E-state index in [9.17, 15) is 18.0 Å². The van der Waals surface area contributed by atoms with Crippen LogP contribution in [0.1, 0.15) is 66.9 Å². The lowest BCUT2D eigenvalue weighted by molar-refractivity contribution is -0.114. The Morgan fingerprint density at radius 3 is 2.14 bits per heavy atom. The molecule has 1 N–H and O–H groups in total. The molecule has 4 aliphatic rings. The van der Waals surface area contributed by atoms with Gasteiger partial charge in [-0.05, 0) is 111 Å². The summed E-state index contributed by atoms with van der Waals surface area (Å²) in [5.74, 6) is 1.52. The van der Waals surface area contributed by atoms with Crippen LogP contribution < -0.4 is 9.62 Å². The minimum Gasteiger partial charge on any atom is -0.462 e. The molecule has 0 aliphatic heterocycles. The average molecular weight is 525 g/mol. The van der Waals surface area contributed by atoms with E-state index in [1.54, 1.807) is 25.1 Å². The van der Waals surface area contributed by atoms with Crippen LogP contribution in [0.4, 0.5) is 11.4 Å². The lowest BCUT2D eigenvalue weighted by Gasteiger charge is -2.57. The number of nitrogens with zero attached hydrogens (tertiary/aromatic N) is 1. The Bertz CT molecular complexity index is 1270. The van der Waals surface area contributed by atoms with E-state index in [1.165, 1.54) is 44.1 Å². The highest BCUT2D eigenvalue weighted by atomic mass is 32.2. The summed E-state index contributed by atoms with van der Waals surface area (Å²) in [6.45, 7) is 3.42. The highest BCUT2D eigenvalue weighted by Gasteiger charge is 2.51. The summed E-state index contributed by atoms with van der Waals surface area (Å²) in [4.78, 5) is 25.1. The van der Waals surface area contributed by atoms with Crippen molar-refractivity contribution in [1.82, 2.24) is 0 Å². The first kappa shape index (κ1) is 25.8. The Hall–Kier alpha value is -2.87. The summed E-state index contributed by atoms with van der Waals surface area (Å²) in [5.41, 5.74) is 3.53. The van der Waals surface area contributed by atoms with Crippen molar-refractivity contribution in [2.75, 3.05) is 29.0 Å². The minimum atomic E-state index is -3.70. The maximum Gasteiger partial charge on any atom is 0.338 e. The number of anilines is 2. The number of ether oxygens (including phenoxy) is 1.